The highest BCUT2D eigenvalue weighted by Crippen LogP contribution is 2.25. The second kappa shape index (κ2) is 9.61. The van der Waals surface area contributed by atoms with Crippen molar-refractivity contribution in [2.24, 2.45) is 0 Å². The predicted octanol–water partition coefficient (Wildman–Crippen LogP) is 4.95. The Balaban J connectivity index is 1.99. The highest BCUT2D eigenvalue weighted by molar-refractivity contribution is 7.10. The van der Waals surface area contributed by atoms with E-state index >= 15 is 0 Å². The number of nitrogens with one attached hydrogen (secondary N) is 1. The summed E-state index contributed by atoms with van der Waals surface area (Å²) in [7, 11) is 0. The minimum Gasteiger partial charge on any atom is -0.330 e. The number of carbonyl (C=O) groups excluding carboxylic acids is 2. The van der Waals surface area contributed by atoms with Gasteiger partial charge in [-0.2, -0.15) is 0 Å². The van der Waals surface area contributed by atoms with E-state index in [0.29, 0.717) is 22.3 Å². The van der Waals surface area contributed by atoms with Gasteiger partial charge < -0.3 is 10.2 Å². The van der Waals surface area contributed by atoms with Gasteiger partial charge in [-0.25, -0.2) is 0 Å². The fourth-order valence-electron chi connectivity index (χ4n) is 2.14. The van der Waals surface area contributed by atoms with Crippen molar-refractivity contribution in [3.05, 3.63) is 56.7 Å². The van der Waals surface area contributed by atoms with Crippen molar-refractivity contribution in [2.45, 2.75) is 13.3 Å². The van der Waals surface area contributed by atoms with Crippen LogP contribution in [-0.2, 0) is 9.59 Å². The zero-order valence-electron chi connectivity index (χ0n) is 13.7. The van der Waals surface area contributed by atoms with Crippen molar-refractivity contribution in [1.29, 1.82) is 0 Å². The van der Waals surface area contributed by atoms with Crippen molar-refractivity contribution in [3.8, 4) is 0 Å². The predicted molar refractivity (Wildman–Crippen MR) is 105 cm³/mol. The van der Waals surface area contributed by atoms with Gasteiger partial charge in [0.2, 0.25) is 11.8 Å². The van der Waals surface area contributed by atoms with Crippen molar-refractivity contribution in [2.75, 3.05) is 18.4 Å². The summed E-state index contributed by atoms with van der Waals surface area (Å²) in [4.78, 5) is 27.1. The summed E-state index contributed by atoms with van der Waals surface area (Å²) in [5, 5.41) is 5.49. The zero-order chi connectivity index (χ0) is 18.2. The molecule has 0 spiro atoms. The molecule has 1 heterocycles. The van der Waals surface area contributed by atoms with Crippen LogP contribution in [0.3, 0.4) is 0 Å². The van der Waals surface area contributed by atoms with Gasteiger partial charge in [-0.05, 0) is 42.1 Å². The molecule has 0 aliphatic rings. The second-order valence-corrected chi connectivity index (χ2v) is 7.10. The summed E-state index contributed by atoms with van der Waals surface area (Å²) in [6.07, 6.45) is 4.00. The Bertz CT molecular complexity index is 760. The summed E-state index contributed by atoms with van der Waals surface area (Å²) in [5.41, 5.74) is 0.467. The van der Waals surface area contributed by atoms with E-state index in [2.05, 4.69) is 5.32 Å². The van der Waals surface area contributed by atoms with E-state index in [1.54, 1.807) is 35.6 Å². The van der Waals surface area contributed by atoms with Crippen LogP contribution in [0.2, 0.25) is 10.0 Å². The molecule has 1 aromatic heterocycles. The van der Waals surface area contributed by atoms with Gasteiger partial charge in [0.15, 0.2) is 0 Å². The number of amides is 2. The molecule has 7 heteroatoms. The molecular weight excluding hydrogens is 379 g/mol. The van der Waals surface area contributed by atoms with Gasteiger partial charge in [0.25, 0.3) is 0 Å². The molecule has 2 aromatic rings. The first-order valence-corrected chi connectivity index (χ1v) is 9.38. The third kappa shape index (κ3) is 6.20. The van der Waals surface area contributed by atoms with Crippen LogP contribution in [0.1, 0.15) is 18.2 Å². The van der Waals surface area contributed by atoms with Gasteiger partial charge in [-0.15, -0.1) is 11.3 Å². The molecule has 0 saturated carbocycles. The standard InChI is InChI=1S/C18H18Cl2N2O2S/c1-2-9-22(18(24)8-6-14-4-3-10-25-14)12-17(23)21-16-7-5-13(19)11-15(16)20/h3-8,10-11H,2,9,12H2,1H3,(H,21,23). The Morgan fingerprint density at radius 3 is 2.72 bits per heavy atom. The number of nitrogens with zero attached hydrogens (tertiary/aromatic N) is 1. The van der Waals surface area contributed by atoms with Crippen molar-refractivity contribution in [1.82, 2.24) is 4.90 Å². The fraction of sp³-hybridized carbons (Fsp3) is 0.222. The summed E-state index contributed by atoms with van der Waals surface area (Å²) < 4.78 is 0. The van der Waals surface area contributed by atoms with E-state index in [1.165, 1.54) is 11.0 Å². The molecule has 0 atom stereocenters. The lowest BCUT2D eigenvalue weighted by Crippen LogP contribution is -2.37. The van der Waals surface area contributed by atoms with Crippen LogP contribution in [-0.4, -0.2) is 29.8 Å². The summed E-state index contributed by atoms with van der Waals surface area (Å²) in [6.45, 7) is 2.41. The maximum Gasteiger partial charge on any atom is 0.247 e. The van der Waals surface area contributed by atoms with Gasteiger partial charge in [0, 0.05) is 22.5 Å². The lowest BCUT2D eigenvalue weighted by atomic mass is 10.3. The maximum absolute atomic E-state index is 12.3. The van der Waals surface area contributed by atoms with E-state index in [9.17, 15) is 9.59 Å². The molecule has 4 nitrogen and oxygen atoms in total. The largest absolute Gasteiger partial charge is 0.330 e. The molecule has 2 rings (SSSR count). The van der Waals surface area contributed by atoms with Gasteiger partial charge >= 0.3 is 0 Å². The topological polar surface area (TPSA) is 49.4 Å². The Hall–Kier alpha value is -1.82. The molecule has 0 unspecified atom stereocenters. The summed E-state index contributed by atoms with van der Waals surface area (Å²) in [6, 6.07) is 8.67. The fourth-order valence-corrected chi connectivity index (χ4v) is 3.21. The zero-order valence-corrected chi connectivity index (χ0v) is 16.0. The lowest BCUT2D eigenvalue weighted by molar-refractivity contribution is -0.130. The number of halogens is 2. The first kappa shape index (κ1) is 19.5. The minimum atomic E-state index is -0.310. The number of benzene rings is 1. The van der Waals surface area contributed by atoms with Crippen LogP contribution in [0.25, 0.3) is 6.08 Å². The van der Waals surface area contributed by atoms with E-state index in [4.69, 9.17) is 23.2 Å². The number of hydrogen-bond donors (Lipinski definition) is 1. The quantitative estimate of drug-likeness (QED) is 0.673. The Morgan fingerprint density at radius 1 is 1.28 bits per heavy atom. The molecule has 0 bridgehead atoms. The molecule has 1 N–H and O–H groups in total. The molecule has 0 aliphatic heterocycles. The van der Waals surface area contributed by atoms with Crippen molar-refractivity contribution >= 4 is 58.1 Å². The van der Waals surface area contributed by atoms with E-state index in [-0.39, 0.29) is 18.4 Å². The van der Waals surface area contributed by atoms with Crippen LogP contribution in [0.5, 0.6) is 0 Å². The van der Waals surface area contributed by atoms with Crippen LogP contribution >= 0.6 is 34.5 Å². The first-order chi connectivity index (χ1) is 12.0. The second-order valence-electron chi connectivity index (χ2n) is 5.28. The highest BCUT2D eigenvalue weighted by atomic mass is 35.5. The van der Waals surface area contributed by atoms with Gasteiger partial charge in [-0.1, -0.05) is 36.2 Å². The number of thiophene rings is 1. The molecule has 2 amide bonds. The number of hydrogen-bond acceptors (Lipinski definition) is 3. The normalized spacial score (nSPS) is 10.8. The average Bonchev–Trinajstić information content (AvgIpc) is 3.08. The summed E-state index contributed by atoms with van der Waals surface area (Å²) >= 11 is 13.4. The Labute approximate surface area is 161 Å². The number of carbonyl (C=O) groups is 2. The number of rotatable bonds is 7. The third-order valence-corrected chi connectivity index (χ3v) is 4.66. The van der Waals surface area contributed by atoms with E-state index in [1.807, 2.05) is 24.4 Å². The van der Waals surface area contributed by atoms with Crippen LogP contribution in [0.4, 0.5) is 5.69 Å². The van der Waals surface area contributed by atoms with Crippen LogP contribution in [0.15, 0.2) is 41.8 Å². The minimum absolute atomic E-state index is 0.0413. The first-order valence-electron chi connectivity index (χ1n) is 7.75. The lowest BCUT2D eigenvalue weighted by Gasteiger charge is -2.20. The maximum atomic E-state index is 12.3. The van der Waals surface area contributed by atoms with E-state index in [0.717, 1.165) is 11.3 Å². The smallest absolute Gasteiger partial charge is 0.247 e. The van der Waals surface area contributed by atoms with Crippen LogP contribution in [0, 0.1) is 0 Å². The van der Waals surface area contributed by atoms with Gasteiger partial charge in [0.05, 0.1) is 10.7 Å². The van der Waals surface area contributed by atoms with Crippen LogP contribution < -0.4 is 5.32 Å². The third-order valence-electron chi connectivity index (χ3n) is 3.28. The Kier molecular flexibility index (Phi) is 7.50. The van der Waals surface area contributed by atoms with Crippen molar-refractivity contribution < 1.29 is 9.59 Å². The van der Waals surface area contributed by atoms with Crippen molar-refractivity contribution in [3.63, 3.8) is 0 Å². The molecule has 0 radical (unpaired) electrons. The molecule has 0 fully saturated rings. The molecule has 0 aliphatic carbocycles. The molecule has 25 heavy (non-hydrogen) atoms. The molecule has 1 aromatic carbocycles. The highest BCUT2D eigenvalue weighted by Gasteiger charge is 2.15. The summed E-state index contributed by atoms with van der Waals surface area (Å²) in [5.74, 6) is -0.511. The van der Waals surface area contributed by atoms with Gasteiger partial charge in [0.1, 0.15) is 6.54 Å². The molecule has 132 valence electrons. The Morgan fingerprint density at radius 2 is 2.08 bits per heavy atom. The SMILES string of the molecule is CCCN(CC(=O)Nc1ccc(Cl)cc1Cl)C(=O)C=Cc1cccs1. The molecular formula is C18H18Cl2N2O2S. The molecule has 0 saturated heterocycles. The number of anilines is 1. The average molecular weight is 397 g/mol. The van der Waals surface area contributed by atoms with E-state index < -0.39 is 0 Å². The van der Waals surface area contributed by atoms with Gasteiger partial charge in [-0.3, -0.25) is 9.59 Å². The monoisotopic (exact) mass is 396 g/mol.